The predicted octanol–water partition coefficient (Wildman–Crippen LogP) is 0.605. The second kappa shape index (κ2) is 5.52. The first-order chi connectivity index (χ1) is 5.12. The average molecular weight is 159 g/mol. The molecule has 3 nitrogen and oxygen atoms in total. The van der Waals surface area contributed by atoms with Gasteiger partial charge in [-0.15, -0.1) is 0 Å². The fraction of sp³-hybridized carbons (Fsp3) is 1.00. The van der Waals surface area contributed by atoms with Crippen molar-refractivity contribution in [1.29, 1.82) is 0 Å². The van der Waals surface area contributed by atoms with Crippen LogP contribution in [0.5, 0.6) is 0 Å². The number of rotatable bonds is 6. The Hall–Kier alpha value is -0.120. The van der Waals surface area contributed by atoms with E-state index < -0.39 is 0 Å². The Kier molecular flexibility index (Phi) is 5.46. The van der Waals surface area contributed by atoms with Gasteiger partial charge in [0.15, 0.2) is 0 Å². The van der Waals surface area contributed by atoms with E-state index in [-0.39, 0.29) is 0 Å². The van der Waals surface area contributed by atoms with Gasteiger partial charge in [0.25, 0.3) is 0 Å². The fourth-order valence-corrected chi connectivity index (χ4v) is 1.18. The molecule has 0 heterocycles. The first kappa shape index (κ1) is 10.9. The topological polar surface area (TPSA) is 64.1 Å². The van der Waals surface area contributed by atoms with E-state index in [9.17, 15) is 0 Å². The van der Waals surface area contributed by atoms with E-state index >= 15 is 0 Å². The van der Waals surface area contributed by atoms with E-state index in [2.05, 4.69) is 19.3 Å². The molecule has 5 N–H and O–H groups in total. The van der Waals surface area contributed by atoms with Crippen LogP contribution in [-0.4, -0.2) is 13.1 Å². The van der Waals surface area contributed by atoms with Gasteiger partial charge in [-0.2, -0.15) is 0 Å². The predicted molar refractivity (Wildman–Crippen MR) is 48.9 cm³/mol. The van der Waals surface area contributed by atoms with Gasteiger partial charge in [0, 0.05) is 6.54 Å². The number of hydrazine groups is 1. The van der Waals surface area contributed by atoms with Crippen molar-refractivity contribution in [3.8, 4) is 0 Å². The summed E-state index contributed by atoms with van der Waals surface area (Å²) in [5, 5.41) is 0. The molecule has 0 unspecified atom stereocenters. The molecule has 0 rings (SSSR count). The van der Waals surface area contributed by atoms with Crippen LogP contribution in [0.1, 0.15) is 33.1 Å². The molecule has 0 fully saturated rings. The summed E-state index contributed by atoms with van der Waals surface area (Å²) in [4.78, 5) is 0. The maximum atomic E-state index is 5.48. The van der Waals surface area contributed by atoms with E-state index in [4.69, 9.17) is 11.6 Å². The smallest absolute Gasteiger partial charge is 0.00976 e. The summed E-state index contributed by atoms with van der Waals surface area (Å²) in [6.45, 7) is 6.17. The molecule has 0 atom stereocenters. The van der Waals surface area contributed by atoms with Crippen molar-refractivity contribution >= 4 is 0 Å². The second-order valence-corrected chi connectivity index (χ2v) is 3.76. The lowest BCUT2D eigenvalue weighted by Crippen LogP contribution is -2.25. The third-order valence-corrected chi connectivity index (χ3v) is 2.00. The lowest BCUT2D eigenvalue weighted by molar-refractivity contribution is 0.302. The highest BCUT2D eigenvalue weighted by atomic mass is 15.2. The quantitative estimate of drug-likeness (QED) is 0.302. The summed E-state index contributed by atoms with van der Waals surface area (Å²) in [7, 11) is 0. The highest BCUT2D eigenvalue weighted by Gasteiger charge is 2.15. The van der Waals surface area contributed by atoms with Gasteiger partial charge in [-0.1, -0.05) is 13.8 Å². The Labute approximate surface area is 69.5 Å². The van der Waals surface area contributed by atoms with Crippen LogP contribution in [0.3, 0.4) is 0 Å². The lowest BCUT2D eigenvalue weighted by Gasteiger charge is -2.23. The van der Waals surface area contributed by atoms with E-state index in [0.29, 0.717) is 5.41 Å². The molecule has 0 aliphatic heterocycles. The zero-order valence-electron chi connectivity index (χ0n) is 7.69. The number of hydrogen-bond donors (Lipinski definition) is 3. The average Bonchev–Trinajstić information content (AvgIpc) is 1.87. The molecule has 0 aromatic carbocycles. The summed E-state index contributed by atoms with van der Waals surface area (Å²) in [5.41, 5.74) is 8.51. The van der Waals surface area contributed by atoms with Crippen LogP contribution >= 0.6 is 0 Å². The van der Waals surface area contributed by atoms with Gasteiger partial charge in [-0.25, -0.2) is 0 Å². The highest BCUT2D eigenvalue weighted by molar-refractivity contribution is 4.68. The van der Waals surface area contributed by atoms with Gasteiger partial charge in [-0.05, 0) is 31.2 Å². The van der Waals surface area contributed by atoms with Crippen molar-refractivity contribution in [3.63, 3.8) is 0 Å². The monoisotopic (exact) mass is 159 g/mol. The minimum Gasteiger partial charge on any atom is -0.330 e. The molecule has 0 bridgehead atoms. The molecule has 0 amide bonds. The highest BCUT2D eigenvalue weighted by Crippen LogP contribution is 2.25. The van der Waals surface area contributed by atoms with Crippen molar-refractivity contribution in [2.24, 2.45) is 17.0 Å². The van der Waals surface area contributed by atoms with Crippen LogP contribution in [0.25, 0.3) is 0 Å². The molecule has 68 valence electrons. The molecule has 0 radical (unpaired) electrons. The summed E-state index contributed by atoms with van der Waals surface area (Å²) < 4.78 is 0. The van der Waals surface area contributed by atoms with Crippen LogP contribution in [0.15, 0.2) is 0 Å². The van der Waals surface area contributed by atoms with Crippen molar-refractivity contribution in [1.82, 2.24) is 5.43 Å². The minimum atomic E-state index is 0.381. The molecule has 0 aliphatic carbocycles. The molecule has 0 aliphatic rings. The number of hydrogen-bond acceptors (Lipinski definition) is 3. The minimum absolute atomic E-state index is 0.381. The van der Waals surface area contributed by atoms with Crippen LogP contribution in [0.2, 0.25) is 0 Å². The normalized spacial score (nSPS) is 12.0. The van der Waals surface area contributed by atoms with Crippen molar-refractivity contribution in [2.75, 3.05) is 13.1 Å². The molecule has 11 heavy (non-hydrogen) atoms. The summed E-state index contributed by atoms with van der Waals surface area (Å²) in [6, 6.07) is 0. The van der Waals surface area contributed by atoms with Gasteiger partial charge >= 0.3 is 0 Å². The maximum absolute atomic E-state index is 5.48. The van der Waals surface area contributed by atoms with E-state index in [0.717, 1.165) is 25.9 Å². The summed E-state index contributed by atoms with van der Waals surface area (Å²) in [6.07, 6.45) is 3.41. The SMILES string of the molecule is CC(C)(CCN)CCCNN. The van der Waals surface area contributed by atoms with Gasteiger partial charge in [0.05, 0.1) is 0 Å². The molecular weight excluding hydrogens is 138 g/mol. The largest absolute Gasteiger partial charge is 0.330 e. The number of nitrogens with two attached hydrogens (primary N) is 2. The first-order valence-corrected chi connectivity index (χ1v) is 4.26. The van der Waals surface area contributed by atoms with Crippen LogP contribution in [0, 0.1) is 5.41 Å². The summed E-state index contributed by atoms with van der Waals surface area (Å²) in [5.74, 6) is 5.16. The molecule has 0 aromatic heterocycles. The molecule has 3 heteroatoms. The Morgan fingerprint density at radius 3 is 2.36 bits per heavy atom. The zero-order valence-corrected chi connectivity index (χ0v) is 7.69. The van der Waals surface area contributed by atoms with E-state index in [1.54, 1.807) is 0 Å². The van der Waals surface area contributed by atoms with Crippen molar-refractivity contribution < 1.29 is 0 Å². The Balaban J connectivity index is 3.38. The molecular formula is C8H21N3. The Morgan fingerprint density at radius 1 is 1.27 bits per heavy atom. The standard InChI is InChI=1S/C8H21N3/c1-8(2,5-6-9)4-3-7-11-10/h11H,3-7,9-10H2,1-2H3. The van der Waals surface area contributed by atoms with Gasteiger partial charge in [-0.3, -0.25) is 11.3 Å². The van der Waals surface area contributed by atoms with Gasteiger partial charge in [0.1, 0.15) is 0 Å². The van der Waals surface area contributed by atoms with Crippen molar-refractivity contribution in [3.05, 3.63) is 0 Å². The molecule has 0 aromatic rings. The van der Waals surface area contributed by atoms with Crippen LogP contribution < -0.4 is 17.0 Å². The zero-order chi connectivity index (χ0) is 8.74. The van der Waals surface area contributed by atoms with Crippen molar-refractivity contribution in [2.45, 2.75) is 33.1 Å². The lowest BCUT2D eigenvalue weighted by atomic mass is 9.84. The number of nitrogens with one attached hydrogen (secondary N) is 1. The Bertz CT molecular complexity index is 91.3. The van der Waals surface area contributed by atoms with Gasteiger partial charge in [0.2, 0.25) is 0 Å². The third kappa shape index (κ3) is 6.28. The molecule has 0 saturated heterocycles. The second-order valence-electron chi connectivity index (χ2n) is 3.76. The fourth-order valence-electron chi connectivity index (χ4n) is 1.18. The third-order valence-electron chi connectivity index (χ3n) is 2.00. The van der Waals surface area contributed by atoms with Gasteiger partial charge < -0.3 is 5.73 Å². The maximum Gasteiger partial charge on any atom is 0.00976 e. The van der Waals surface area contributed by atoms with E-state index in [1.807, 2.05) is 0 Å². The Morgan fingerprint density at radius 2 is 1.91 bits per heavy atom. The van der Waals surface area contributed by atoms with Crippen LogP contribution in [0.4, 0.5) is 0 Å². The van der Waals surface area contributed by atoms with E-state index in [1.165, 1.54) is 6.42 Å². The first-order valence-electron chi connectivity index (χ1n) is 4.26. The molecule has 0 saturated carbocycles. The summed E-state index contributed by atoms with van der Waals surface area (Å²) >= 11 is 0. The van der Waals surface area contributed by atoms with Crippen LogP contribution in [-0.2, 0) is 0 Å². The molecule has 0 spiro atoms.